The summed E-state index contributed by atoms with van der Waals surface area (Å²) in [7, 11) is 0. The largest absolute Gasteiger partial charge is 0.435 e. The number of benzene rings is 1. The number of hydrogen-bond donors (Lipinski definition) is 1. The van der Waals surface area contributed by atoms with Crippen LogP contribution in [0.2, 0.25) is 0 Å². The molecule has 0 spiro atoms. The van der Waals surface area contributed by atoms with Gasteiger partial charge in [-0.2, -0.15) is 8.78 Å². The van der Waals surface area contributed by atoms with E-state index < -0.39 is 6.61 Å². The third-order valence-electron chi connectivity index (χ3n) is 4.08. The van der Waals surface area contributed by atoms with Gasteiger partial charge in [0.15, 0.2) is 0 Å². The molecular weight excluding hydrogens is 288 g/mol. The molecule has 1 aromatic carbocycles. The van der Waals surface area contributed by atoms with Gasteiger partial charge in [0.05, 0.1) is 6.10 Å². The number of ether oxygens (including phenoxy) is 2. The summed E-state index contributed by atoms with van der Waals surface area (Å²) in [4.78, 5) is 0. The van der Waals surface area contributed by atoms with Crippen molar-refractivity contribution in [1.29, 1.82) is 0 Å². The van der Waals surface area contributed by atoms with Gasteiger partial charge in [0.1, 0.15) is 5.75 Å². The van der Waals surface area contributed by atoms with Crippen LogP contribution in [0.15, 0.2) is 24.3 Å². The lowest BCUT2D eigenvalue weighted by Gasteiger charge is -2.24. The summed E-state index contributed by atoms with van der Waals surface area (Å²) in [6.07, 6.45) is 4.51. The lowest BCUT2D eigenvalue weighted by atomic mass is 10.0. The minimum absolute atomic E-state index is 0.205. The van der Waals surface area contributed by atoms with Crippen LogP contribution in [0, 0.1) is 0 Å². The fourth-order valence-corrected chi connectivity index (χ4v) is 2.86. The first-order valence-electron chi connectivity index (χ1n) is 7.96. The first-order valence-corrected chi connectivity index (χ1v) is 7.96. The van der Waals surface area contributed by atoms with E-state index in [9.17, 15) is 8.78 Å². The van der Waals surface area contributed by atoms with Gasteiger partial charge in [-0.3, -0.25) is 0 Å². The second-order valence-corrected chi connectivity index (χ2v) is 5.97. The molecule has 3 unspecified atom stereocenters. The average Bonchev–Trinajstić information content (AvgIpc) is 3.00. The number of alkyl halides is 2. The third kappa shape index (κ3) is 5.54. The van der Waals surface area contributed by atoms with Gasteiger partial charge >= 0.3 is 6.61 Å². The average molecular weight is 313 g/mol. The van der Waals surface area contributed by atoms with Crippen LogP contribution in [0.5, 0.6) is 5.75 Å². The van der Waals surface area contributed by atoms with Crippen molar-refractivity contribution in [3.8, 4) is 5.75 Å². The fraction of sp³-hybridized carbons (Fsp3) is 0.647. The van der Waals surface area contributed by atoms with Gasteiger partial charge in [-0.25, -0.2) is 0 Å². The second-order valence-electron chi connectivity index (χ2n) is 5.97. The zero-order valence-corrected chi connectivity index (χ0v) is 13.2. The van der Waals surface area contributed by atoms with Gasteiger partial charge in [0.2, 0.25) is 0 Å². The van der Waals surface area contributed by atoms with Gasteiger partial charge in [0, 0.05) is 18.7 Å². The maximum absolute atomic E-state index is 12.1. The van der Waals surface area contributed by atoms with E-state index in [1.807, 2.05) is 12.1 Å². The Labute approximate surface area is 131 Å². The highest BCUT2D eigenvalue weighted by Gasteiger charge is 2.23. The SMILES string of the molecule is CC(CCc1ccc(OC(F)F)cc1)NC(C)C1CCCO1. The number of halogens is 2. The first-order chi connectivity index (χ1) is 10.5. The lowest BCUT2D eigenvalue weighted by Crippen LogP contribution is -2.42. The predicted molar refractivity (Wildman–Crippen MR) is 82.4 cm³/mol. The first kappa shape index (κ1) is 17.2. The van der Waals surface area contributed by atoms with Crippen molar-refractivity contribution in [3.63, 3.8) is 0 Å². The number of rotatable bonds is 8. The predicted octanol–water partition coefficient (Wildman–Crippen LogP) is 3.77. The highest BCUT2D eigenvalue weighted by Crippen LogP contribution is 2.18. The van der Waals surface area contributed by atoms with Crippen LogP contribution >= 0.6 is 0 Å². The Balaban J connectivity index is 1.72. The Morgan fingerprint density at radius 1 is 1.27 bits per heavy atom. The second kappa shape index (κ2) is 8.44. The highest BCUT2D eigenvalue weighted by molar-refractivity contribution is 5.27. The molecule has 124 valence electrons. The Kier molecular flexibility index (Phi) is 6.58. The molecule has 0 saturated carbocycles. The Morgan fingerprint density at radius 2 is 2.00 bits per heavy atom. The van der Waals surface area contributed by atoms with Crippen molar-refractivity contribution in [2.45, 2.75) is 64.3 Å². The van der Waals surface area contributed by atoms with E-state index >= 15 is 0 Å². The molecule has 0 radical (unpaired) electrons. The van der Waals surface area contributed by atoms with Crippen LogP contribution in [-0.4, -0.2) is 31.4 Å². The van der Waals surface area contributed by atoms with Gasteiger partial charge in [-0.05, 0) is 57.2 Å². The third-order valence-corrected chi connectivity index (χ3v) is 4.08. The molecule has 0 aromatic heterocycles. The quantitative estimate of drug-likeness (QED) is 0.792. The number of hydrogen-bond acceptors (Lipinski definition) is 3. The van der Waals surface area contributed by atoms with Gasteiger partial charge in [-0.1, -0.05) is 12.1 Å². The molecule has 1 heterocycles. The zero-order chi connectivity index (χ0) is 15.9. The van der Waals surface area contributed by atoms with Crippen molar-refractivity contribution in [2.24, 2.45) is 0 Å². The van der Waals surface area contributed by atoms with E-state index in [0.29, 0.717) is 18.2 Å². The molecule has 1 saturated heterocycles. The van der Waals surface area contributed by atoms with Crippen molar-refractivity contribution in [2.75, 3.05) is 6.61 Å². The Morgan fingerprint density at radius 3 is 2.59 bits per heavy atom. The summed E-state index contributed by atoms with van der Waals surface area (Å²) in [6.45, 7) is 2.44. The van der Waals surface area contributed by atoms with Gasteiger partial charge < -0.3 is 14.8 Å². The highest BCUT2D eigenvalue weighted by atomic mass is 19.3. The minimum atomic E-state index is -2.77. The molecule has 0 aliphatic carbocycles. The topological polar surface area (TPSA) is 30.5 Å². The number of aryl methyl sites for hydroxylation is 1. The maximum atomic E-state index is 12.1. The number of nitrogens with one attached hydrogen (secondary N) is 1. The molecule has 22 heavy (non-hydrogen) atoms. The molecular formula is C17H25F2NO2. The molecule has 2 rings (SSSR count). The Bertz CT molecular complexity index is 433. The van der Waals surface area contributed by atoms with Crippen LogP contribution in [0.3, 0.4) is 0 Å². The van der Waals surface area contributed by atoms with Crippen LogP contribution in [0.1, 0.15) is 38.7 Å². The standard InChI is InChI=1S/C17H25F2NO2/c1-12(20-13(2)16-4-3-11-21-16)5-6-14-7-9-15(10-8-14)22-17(18)19/h7-10,12-13,16-17,20H,3-6,11H2,1-2H3. The summed E-state index contributed by atoms with van der Waals surface area (Å²) >= 11 is 0. The lowest BCUT2D eigenvalue weighted by molar-refractivity contribution is -0.0498. The van der Waals surface area contributed by atoms with Crippen LogP contribution in [-0.2, 0) is 11.2 Å². The summed E-state index contributed by atoms with van der Waals surface area (Å²) < 4.78 is 34.2. The normalized spacial score (nSPS) is 21.0. The van der Waals surface area contributed by atoms with E-state index in [-0.39, 0.29) is 5.75 Å². The fourth-order valence-electron chi connectivity index (χ4n) is 2.86. The molecule has 5 heteroatoms. The van der Waals surface area contributed by atoms with Gasteiger partial charge in [-0.15, -0.1) is 0 Å². The van der Waals surface area contributed by atoms with E-state index in [4.69, 9.17) is 4.74 Å². The molecule has 3 atom stereocenters. The molecule has 0 bridgehead atoms. The van der Waals surface area contributed by atoms with Crippen LogP contribution in [0.4, 0.5) is 8.78 Å². The van der Waals surface area contributed by atoms with Crippen LogP contribution in [0.25, 0.3) is 0 Å². The van der Waals surface area contributed by atoms with Crippen molar-refractivity contribution >= 4 is 0 Å². The molecule has 1 fully saturated rings. The molecule has 1 aliphatic heterocycles. The summed E-state index contributed by atoms with van der Waals surface area (Å²) in [6, 6.07) is 7.61. The molecule has 3 nitrogen and oxygen atoms in total. The van der Waals surface area contributed by atoms with Crippen molar-refractivity contribution in [3.05, 3.63) is 29.8 Å². The molecule has 0 amide bonds. The van der Waals surface area contributed by atoms with Crippen molar-refractivity contribution < 1.29 is 18.3 Å². The summed E-state index contributed by atoms with van der Waals surface area (Å²) in [5.74, 6) is 0.205. The van der Waals surface area contributed by atoms with E-state index in [0.717, 1.165) is 37.9 Å². The molecule has 1 aromatic rings. The Hall–Kier alpha value is -1.20. The van der Waals surface area contributed by atoms with E-state index in [1.165, 1.54) is 0 Å². The minimum Gasteiger partial charge on any atom is -0.435 e. The molecule has 1 N–H and O–H groups in total. The smallest absolute Gasteiger partial charge is 0.387 e. The zero-order valence-electron chi connectivity index (χ0n) is 13.2. The van der Waals surface area contributed by atoms with E-state index in [1.54, 1.807) is 12.1 Å². The monoisotopic (exact) mass is 313 g/mol. The maximum Gasteiger partial charge on any atom is 0.387 e. The molecule has 1 aliphatic rings. The summed E-state index contributed by atoms with van der Waals surface area (Å²) in [5.41, 5.74) is 1.13. The summed E-state index contributed by atoms with van der Waals surface area (Å²) in [5, 5.41) is 3.58. The van der Waals surface area contributed by atoms with Gasteiger partial charge in [0.25, 0.3) is 0 Å². The van der Waals surface area contributed by atoms with Crippen LogP contribution < -0.4 is 10.1 Å². The van der Waals surface area contributed by atoms with Crippen molar-refractivity contribution in [1.82, 2.24) is 5.32 Å². The van der Waals surface area contributed by atoms with E-state index in [2.05, 4.69) is 23.9 Å².